The van der Waals surface area contributed by atoms with E-state index in [2.05, 4.69) is 43.3 Å². The topological polar surface area (TPSA) is 18.5 Å². The first-order chi connectivity index (χ1) is 17.8. The minimum atomic E-state index is -4.87. The molecule has 0 N–H and O–H groups in total. The quantitative estimate of drug-likeness (QED) is 0.187. The Morgan fingerprint density at radius 1 is 0.838 bits per heavy atom. The fourth-order valence-corrected chi connectivity index (χ4v) is 5.86. The molecule has 2 atom stereocenters. The van der Waals surface area contributed by atoms with Gasteiger partial charge in [0.1, 0.15) is 11.3 Å². The molecule has 0 aromatic heterocycles. The molecule has 202 valence electrons. The van der Waals surface area contributed by atoms with Crippen molar-refractivity contribution in [2.45, 2.75) is 77.3 Å². The molecule has 37 heavy (non-hydrogen) atoms. The van der Waals surface area contributed by atoms with Gasteiger partial charge in [0.05, 0.1) is 13.2 Å². The van der Waals surface area contributed by atoms with Crippen LogP contribution in [-0.2, 0) is 12.6 Å². The molecule has 0 radical (unpaired) electrons. The van der Waals surface area contributed by atoms with Gasteiger partial charge in [0.15, 0.2) is 11.6 Å². The van der Waals surface area contributed by atoms with E-state index < -0.39 is 29.1 Å². The van der Waals surface area contributed by atoms with Gasteiger partial charge in [0, 0.05) is 0 Å². The lowest BCUT2D eigenvalue weighted by Crippen LogP contribution is -2.22. The van der Waals surface area contributed by atoms with Crippen molar-refractivity contribution in [2.75, 3.05) is 13.2 Å². The second-order valence-electron chi connectivity index (χ2n) is 10.6. The van der Waals surface area contributed by atoms with Crippen LogP contribution in [0.1, 0.15) is 81.4 Å². The highest BCUT2D eigenvalue weighted by Crippen LogP contribution is 2.43. The first-order valence-corrected chi connectivity index (χ1v) is 13.7. The Morgan fingerprint density at radius 3 is 2.16 bits per heavy atom. The van der Waals surface area contributed by atoms with Gasteiger partial charge in [-0.15, -0.1) is 0 Å². The molecule has 2 unspecified atom stereocenters. The second-order valence-corrected chi connectivity index (χ2v) is 10.6. The van der Waals surface area contributed by atoms with Gasteiger partial charge in [-0.05, 0) is 105 Å². The molecule has 2 nitrogen and oxygen atoms in total. The zero-order valence-corrected chi connectivity index (χ0v) is 21.8. The molecule has 1 saturated carbocycles. The Hall–Kier alpha value is -2.50. The maximum atomic E-state index is 14.4. The smallest absolute Gasteiger partial charge is 0.422 e. The minimum absolute atomic E-state index is 0.0661. The molecule has 6 heteroatoms. The molecule has 2 aliphatic carbocycles. The van der Waals surface area contributed by atoms with Gasteiger partial charge in [-0.3, -0.25) is 0 Å². The molecular weight excluding hydrogens is 480 g/mol. The fraction of sp³-hybridized carbons (Fsp3) is 0.548. The van der Waals surface area contributed by atoms with Crippen LogP contribution in [0.3, 0.4) is 0 Å². The Kier molecular flexibility index (Phi) is 9.20. The summed E-state index contributed by atoms with van der Waals surface area (Å²) in [5.41, 5.74) is 1.09. The Bertz CT molecular complexity index is 1040. The van der Waals surface area contributed by atoms with E-state index in [1.54, 1.807) is 6.92 Å². The first kappa shape index (κ1) is 27.5. The van der Waals surface area contributed by atoms with Crippen molar-refractivity contribution in [1.29, 1.82) is 0 Å². The Morgan fingerprint density at radius 2 is 1.54 bits per heavy atom. The number of alkyl halides is 3. The summed E-state index contributed by atoms with van der Waals surface area (Å²) in [4.78, 5) is 0. The third kappa shape index (κ3) is 7.08. The van der Waals surface area contributed by atoms with Crippen LogP contribution in [0.4, 0.5) is 17.6 Å². The van der Waals surface area contributed by atoms with E-state index >= 15 is 0 Å². The average molecular weight is 519 g/mol. The van der Waals surface area contributed by atoms with E-state index in [1.807, 2.05) is 0 Å². The van der Waals surface area contributed by atoms with Gasteiger partial charge in [-0.1, -0.05) is 43.3 Å². The second kappa shape index (κ2) is 12.4. The van der Waals surface area contributed by atoms with Crippen LogP contribution < -0.4 is 9.47 Å². The van der Waals surface area contributed by atoms with E-state index in [0.29, 0.717) is 18.8 Å². The normalized spacial score (nSPS) is 24.2. The van der Waals surface area contributed by atoms with Gasteiger partial charge >= 0.3 is 6.18 Å². The number of aryl methyl sites for hydroxylation is 1. The molecule has 0 heterocycles. The maximum Gasteiger partial charge on any atom is 0.422 e. The summed E-state index contributed by atoms with van der Waals surface area (Å²) < 4.78 is 65.1. The van der Waals surface area contributed by atoms with Crippen LogP contribution in [0, 0.1) is 23.6 Å². The zero-order chi connectivity index (χ0) is 26.4. The summed E-state index contributed by atoms with van der Waals surface area (Å²) in [6.07, 6.45) is 8.90. The van der Waals surface area contributed by atoms with Gasteiger partial charge in [0.25, 0.3) is 0 Å². The average Bonchev–Trinajstić information content (AvgIpc) is 2.88. The minimum Gasteiger partial charge on any atom is -0.493 e. The monoisotopic (exact) mass is 518 g/mol. The van der Waals surface area contributed by atoms with Crippen LogP contribution >= 0.6 is 0 Å². The van der Waals surface area contributed by atoms with Crippen LogP contribution in [0.25, 0.3) is 0 Å². The van der Waals surface area contributed by atoms with Crippen molar-refractivity contribution in [1.82, 2.24) is 0 Å². The van der Waals surface area contributed by atoms with Crippen molar-refractivity contribution < 1.29 is 27.0 Å². The molecule has 2 aromatic carbocycles. The third-order valence-corrected chi connectivity index (χ3v) is 7.99. The number of allylic oxidation sites excluding steroid dienone is 2. The molecule has 0 bridgehead atoms. The van der Waals surface area contributed by atoms with Gasteiger partial charge in [-0.25, -0.2) is 4.39 Å². The highest BCUT2D eigenvalue weighted by Gasteiger charge is 2.39. The molecule has 0 amide bonds. The molecule has 2 aliphatic rings. The molecule has 1 fully saturated rings. The summed E-state index contributed by atoms with van der Waals surface area (Å²) in [5, 5.41) is 0. The molecule has 2 aromatic rings. The lowest BCUT2D eigenvalue weighted by molar-refractivity contribution is -0.141. The number of ether oxygens (including phenoxy) is 2. The first-order valence-electron chi connectivity index (χ1n) is 13.7. The Labute approximate surface area is 218 Å². The lowest BCUT2D eigenvalue weighted by atomic mass is 9.71. The van der Waals surface area contributed by atoms with Gasteiger partial charge in [-0.2, -0.15) is 13.2 Å². The van der Waals surface area contributed by atoms with Crippen molar-refractivity contribution >= 4 is 0 Å². The van der Waals surface area contributed by atoms with Crippen molar-refractivity contribution in [3.63, 3.8) is 0 Å². The fourth-order valence-electron chi connectivity index (χ4n) is 5.86. The summed E-state index contributed by atoms with van der Waals surface area (Å²) in [6, 6.07) is 10.9. The summed E-state index contributed by atoms with van der Waals surface area (Å²) in [5.74, 6) is 0.560. The SMILES string of the molecule is CCOc1ccc(OCCCc2ccc(C3CCC(C4C=CC(C)CC4)CC3)cc2)c(C(F)(F)F)c1F. The lowest BCUT2D eigenvalue weighted by Gasteiger charge is -2.35. The van der Waals surface area contributed by atoms with E-state index in [0.717, 1.165) is 29.4 Å². The van der Waals surface area contributed by atoms with Crippen LogP contribution in [0.2, 0.25) is 0 Å². The maximum absolute atomic E-state index is 14.4. The van der Waals surface area contributed by atoms with Crippen LogP contribution in [0.5, 0.6) is 11.5 Å². The Balaban J connectivity index is 1.25. The standard InChI is InChI=1S/C31H38F4O2/c1-3-36-28-19-18-27(29(30(28)32)31(33,34)35)37-20-4-5-22-8-12-24(13-9-22)26-16-14-25(15-17-26)23-10-6-21(2)7-11-23/h6,8-10,12-13,18-19,21,23,25-26H,3-5,7,11,14-17,20H2,1-2H3. The van der Waals surface area contributed by atoms with E-state index in [-0.39, 0.29) is 13.2 Å². The highest BCUT2D eigenvalue weighted by molar-refractivity contribution is 5.44. The predicted octanol–water partition coefficient (Wildman–Crippen LogP) is 9.13. The molecule has 0 saturated heterocycles. The van der Waals surface area contributed by atoms with E-state index in [9.17, 15) is 17.6 Å². The van der Waals surface area contributed by atoms with Gasteiger partial charge < -0.3 is 9.47 Å². The van der Waals surface area contributed by atoms with Gasteiger partial charge in [0.2, 0.25) is 0 Å². The van der Waals surface area contributed by atoms with Crippen molar-refractivity contribution in [2.24, 2.45) is 17.8 Å². The molecule has 0 aliphatic heterocycles. The molecule has 0 spiro atoms. The van der Waals surface area contributed by atoms with Crippen molar-refractivity contribution in [3.05, 3.63) is 71.1 Å². The number of rotatable bonds is 9. The summed E-state index contributed by atoms with van der Waals surface area (Å²) in [7, 11) is 0. The van der Waals surface area contributed by atoms with E-state index in [4.69, 9.17) is 9.47 Å². The largest absolute Gasteiger partial charge is 0.493 e. The number of halogens is 4. The van der Waals surface area contributed by atoms with E-state index in [1.165, 1.54) is 50.2 Å². The molecular formula is C31H38F4O2. The third-order valence-electron chi connectivity index (χ3n) is 7.99. The van der Waals surface area contributed by atoms with Crippen molar-refractivity contribution in [3.8, 4) is 11.5 Å². The molecule has 4 rings (SSSR count). The van der Waals surface area contributed by atoms with Crippen LogP contribution in [-0.4, -0.2) is 13.2 Å². The van der Waals surface area contributed by atoms with Crippen LogP contribution in [0.15, 0.2) is 48.6 Å². The zero-order valence-electron chi connectivity index (χ0n) is 21.8. The predicted molar refractivity (Wildman–Crippen MR) is 139 cm³/mol. The number of hydrogen-bond acceptors (Lipinski definition) is 2. The summed E-state index contributed by atoms with van der Waals surface area (Å²) >= 11 is 0. The summed E-state index contributed by atoms with van der Waals surface area (Å²) in [6.45, 7) is 4.03. The number of benzene rings is 2. The highest BCUT2D eigenvalue weighted by atomic mass is 19.4. The number of hydrogen-bond donors (Lipinski definition) is 0.